The van der Waals surface area contributed by atoms with Gasteiger partial charge >= 0.3 is 0 Å². The second kappa shape index (κ2) is 17.2. The summed E-state index contributed by atoms with van der Waals surface area (Å²) < 4.78 is 0. The highest BCUT2D eigenvalue weighted by Crippen LogP contribution is 2.11. The summed E-state index contributed by atoms with van der Waals surface area (Å²) in [7, 11) is 1.56. The van der Waals surface area contributed by atoms with Crippen LogP contribution in [0.4, 0.5) is 0 Å². The van der Waals surface area contributed by atoms with Gasteiger partial charge in [-0.1, -0.05) is 82.4 Å². The maximum atomic E-state index is 4.57. The van der Waals surface area contributed by atoms with E-state index >= 15 is 0 Å². The zero-order valence-corrected chi connectivity index (χ0v) is 13.1. The molecule has 0 aliphatic carbocycles. The Morgan fingerprint density at radius 1 is 0.789 bits per heavy atom. The van der Waals surface area contributed by atoms with Crippen LogP contribution >= 0.6 is 0 Å². The Bertz CT molecular complexity index is 211. The fourth-order valence-electron chi connectivity index (χ4n) is 2.18. The molecule has 0 bridgehead atoms. The normalized spacial score (nSPS) is 11.7. The molecule has 2 heteroatoms. The van der Waals surface area contributed by atoms with Crippen molar-refractivity contribution < 1.29 is 4.84 Å². The second-order valence-corrected chi connectivity index (χ2v) is 5.19. The van der Waals surface area contributed by atoms with Gasteiger partial charge in [-0.3, -0.25) is 0 Å². The first-order valence-corrected chi connectivity index (χ1v) is 8.13. The molecule has 0 rings (SSSR count). The molecule has 0 heterocycles. The molecule has 0 saturated carbocycles. The van der Waals surface area contributed by atoms with Gasteiger partial charge in [0.2, 0.25) is 0 Å². The van der Waals surface area contributed by atoms with Gasteiger partial charge in [0.15, 0.2) is 0 Å². The fourth-order valence-corrected chi connectivity index (χ4v) is 2.18. The molecule has 112 valence electrons. The zero-order chi connectivity index (χ0) is 14.0. The van der Waals surface area contributed by atoms with Crippen LogP contribution in [0, 0.1) is 0 Å². The van der Waals surface area contributed by atoms with E-state index in [-0.39, 0.29) is 0 Å². The van der Waals surface area contributed by atoms with E-state index in [0.717, 1.165) is 6.42 Å². The SMILES string of the molecule is CCCCCCCCCCCCC/C=C/C=NOC. The van der Waals surface area contributed by atoms with Gasteiger partial charge in [-0.05, 0) is 18.9 Å². The second-order valence-electron chi connectivity index (χ2n) is 5.19. The Morgan fingerprint density at radius 2 is 1.32 bits per heavy atom. The standard InChI is InChI=1S/C17H33NO/c1-3-4-5-6-7-8-9-10-11-12-13-14-15-16-17-18-19-2/h15-17H,3-14H2,1-2H3/b16-15+,18-17?. The van der Waals surface area contributed by atoms with Crippen LogP contribution in [0.2, 0.25) is 0 Å². The van der Waals surface area contributed by atoms with E-state index in [4.69, 9.17) is 0 Å². The summed E-state index contributed by atoms with van der Waals surface area (Å²) in [5.74, 6) is 0. The van der Waals surface area contributed by atoms with E-state index in [1.807, 2.05) is 6.08 Å². The van der Waals surface area contributed by atoms with Crippen LogP contribution < -0.4 is 0 Å². The first-order chi connectivity index (χ1) is 9.41. The molecule has 0 aromatic rings. The highest BCUT2D eigenvalue weighted by Gasteiger charge is 1.92. The van der Waals surface area contributed by atoms with Crippen molar-refractivity contribution in [3.05, 3.63) is 12.2 Å². The van der Waals surface area contributed by atoms with E-state index < -0.39 is 0 Å². The van der Waals surface area contributed by atoms with Gasteiger partial charge in [0.25, 0.3) is 0 Å². The molecule has 19 heavy (non-hydrogen) atoms. The smallest absolute Gasteiger partial charge is 0.106 e. The van der Waals surface area contributed by atoms with Crippen molar-refractivity contribution in [3.63, 3.8) is 0 Å². The summed E-state index contributed by atoms with van der Waals surface area (Å²) >= 11 is 0. The summed E-state index contributed by atoms with van der Waals surface area (Å²) in [6.07, 6.45) is 22.4. The Kier molecular flexibility index (Phi) is 16.5. The average Bonchev–Trinajstić information content (AvgIpc) is 2.43. The zero-order valence-electron chi connectivity index (χ0n) is 13.1. The summed E-state index contributed by atoms with van der Waals surface area (Å²) in [6.45, 7) is 2.28. The number of hydrogen-bond donors (Lipinski definition) is 0. The number of nitrogens with zero attached hydrogens (tertiary/aromatic N) is 1. The highest BCUT2D eigenvalue weighted by atomic mass is 16.6. The van der Waals surface area contributed by atoms with E-state index in [1.165, 1.54) is 70.6 Å². The lowest BCUT2D eigenvalue weighted by atomic mass is 10.1. The molecule has 0 aliphatic rings. The molecule has 0 amide bonds. The lowest BCUT2D eigenvalue weighted by Crippen LogP contribution is -1.82. The number of rotatable bonds is 14. The minimum Gasteiger partial charge on any atom is -0.399 e. The Morgan fingerprint density at radius 3 is 1.84 bits per heavy atom. The molecule has 0 aromatic carbocycles. The van der Waals surface area contributed by atoms with Gasteiger partial charge in [0.05, 0.1) is 6.21 Å². The largest absolute Gasteiger partial charge is 0.399 e. The predicted molar refractivity (Wildman–Crippen MR) is 85.7 cm³/mol. The fraction of sp³-hybridized carbons (Fsp3) is 0.824. The Labute approximate surface area is 120 Å². The van der Waals surface area contributed by atoms with E-state index in [2.05, 4.69) is 23.0 Å². The number of hydrogen-bond acceptors (Lipinski definition) is 2. The third-order valence-electron chi connectivity index (χ3n) is 3.36. The predicted octanol–water partition coefficient (Wildman–Crippen LogP) is 5.88. The lowest BCUT2D eigenvalue weighted by Gasteiger charge is -2.01. The van der Waals surface area contributed by atoms with Crippen LogP contribution in [-0.2, 0) is 4.84 Å². The highest BCUT2D eigenvalue weighted by molar-refractivity contribution is 5.70. The number of oxime groups is 1. The average molecular weight is 267 g/mol. The molecule has 0 aliphatic heterocycles. The van der Waals surface area contributed by atoms with Crippen LogP contribution in [0.25, 0.3) is 0 Å². The van der Waals surface area contributed by atoms with Gasteiger partial charge in [-0.15, -0.1) is 0 Å². The van der Waals surface area contributed by atoms with Crippen molar-refractivity contribution in [2.75, 3.05) is 7.11 Å². The quantitative estimate of drug-likeness (QED) is 0.219. The van der Waals surface area contributed by atoms with Gasteiger partial charge < -0.3 is 4.84 Å². The molecule has 0 unspecified atom stereocenters. The first kappa shape index (κ1) is 18.2. The minimum atomic E-state index is 1.16. The summed E-state index contributed by atoms with van der Waals surface area (Å²) in [5, 5.41) is 3.65. The van der Waals surface area contributed by atoms with Crippen LogP contribution in [0.5, 0.6) is 0 Å². The van der Waals surface area contributed by atoms with Crippen molar-refractivity contribution >= 4 is 6.21 Å². The van der Waals surface area contributed by atoms with Crippen LogP contribution in [0.15, 0.2) is 17.3 Å². The molecule has 0 aromatic heterocycles. The topological polar surface area (TPSA) is 21.6 Å². The van der Waals surface area contributed by atoms with Crippen LogP contribution in [0.1, 0.15) is 84.0 Å². The van der Waals surface area contributed by atoms with Gasteiger partial charge in [-0.25, -0.2) is 0 Å². The number of allylic oxidation sites excluding steroid dienone is 2. The van der Waals surface area contributed by atoms with Crippen molar-refractivity contribution in [1.82, 2.24) is 0 Å². The molecule has 0 radical (unpaired) electrons. The van der Waals surface area contributed by atoms with Gasteiger partial charge in [0, 0.05) is 0 Å². The molecule has 0 fully saturated rings. The minimum absolute atomic E-state index is 1.16. The van der Waals surface area contributed by atoms with Crippen LogP contribution in [0.3, 0.4) is 0 Å². The van der Waals surface area contributed by atoms with E-state index in [0.29, 0.717) is 0 Å². The molecule has 0 saturated heterocycles. The lowest BCUT2D eigenvalue weighted by molar-refractivity contribution is 0.215. The Balaban J connectivity index is 3.02. The number of unbranched alkanes of at least 4 members (excludes halogenated alkanes) is 11. The summed E-state index contributed by atoms with van der Waals surface area (Å²) in [6, 6.07) is 0. The maximum Gasteiger partial charge on any atom is 0.106 e. The van der Waals surface area contributed by atoms with E-state index in [1.54, 1.807) is 13.3 Å². The van der Waals surface area contributed by atoms with Crippen molar-refractivity contribution in [1.29, 1.82) is 0 Å². The van der Waals surface area contributed by atoms with Crippen LogP contribution in [-0.4, -0.2) is 13.3 Å². The van der Waals surface area contributed by atoms with Gasteiger partial charge in [-0.2, -0.15) is 0 Å². The monoisotopic (exact) mass is 267 g/mol. The Hall–Kier alpha value is -0.790. The maximum absolute atomic E-state index is 4.57. The summed E-state index contributed by atoms with van der Waals surface area (Å²) in [5.41, 5.74) is 0. The third-order valence-corrected chi connectivity index (χ3v) is 3.36. The third kappa shape index (κ3) is 17.2. The van der Waals surface area contributed by atoms with E-state index in [9.17, 15) is 0 Å². The molecule has 0 atom stereocenters. The van der Waals surface area contributed by atoms with Crippen molar-refractivity contribution in [2.24, 2.45) is 5.16 Å². The molecule has 0 spiro atoms. The first-order valence-electron chi connectivity index (χ1n) is 8.13. The summed E-state index contributed by atoms with van der Waals surface area (Å²) in [4.78, 5) is 4.57. The molecular formula is C17H33NO. The molecule has 0 N–H and O–H groups in total. The molecular weight excluding hydrogens is 234 g/mol. The van der Waals surface area contributed by atoms with Gasteiger partial charge in [0.1, 0.15) is 7.11 Å². The molecule has 2 nitrogen and oxygen atoms in total. The van der Waals surface area contributed by atoms with Crippen molar-refractivity contribution in [3.8, 4) is 0 Å². The van der Waals surface area contributed by atoms with Crippen molar-refractivity contribution in [2.45, 2.75) is 84.0 Å².